The number of thiophene rings is 1. The molecule has 0 fully saturated rings. The van der Waals surface area contributed by atoms with Gasteiger partial charge < -0.3 is 24.6 Å². The standard InChI is InChI=1S/C26H28N2O8S/c1-4-35-7-8-36-26(31)22-14(2)27-17-10-15(21-6-5-9-37-21)12-19(29)24(17)23(22)16-11-18(28(32)33)25(30)20(13-16)34-3/h5-6,9,11,13,15,23,27,30H,4,7-8,10,12H2,1-3H3/t15-,23+/m0/s1. The molecule has 1 aliphatic carbocycles. The van der Waals surface area contributed by atoms with Gasteiger partial charge in [0.2, 0.25) is 5.75 Å². The zero-order chi connectivity index (χ0) is 26.7. The summed E-state index contributed by atoms with van der Waals surface area (Å²) in [4.78, 5) is 39.0. The molecule has 4 rings (SSSR count). The number of nitrogens with zero attached hydrogens (tertiary/aromatic N) is 1. The number of Topliss-reactive ketones (excluding diaryl/α,β-unsaturated/α-hetero) is 1. The number of hydrogen-bond acceptors (Lipinski definition) is 10. The van der Waals surface area contributed by atoms with Crippen LogP contribution in [-0.4, -0.2) is 48.7 Å². The zero-order valence-corrected chi connectivity index (χ0v) is 21.6. The van der Waals surface area contributed by atoms with E-state index in [0.717, 1.165) is 4.88 Å². The normalized spacial score (nSPS) is 19.4. The van der Waals surface area contributed by atoms with E-state index in [4.69, 9.17) is 14.2 Å². The fourth-order valence-corrected chi connectivity index (χ4v) is 5.69. The van der Waals surface area contributed by atoms with Crippen molar-refractivity contribution in [2.45, 2.75) is 38.5 Å². The molecule has 0 spiro atoms. The summed E-state index contributed by atoms with van der Waals surface area (Å²) in [6.07, 6.45) is 0.778. The Hall–Kier alpha value is -3.70. The molecule has 0 saturated carbocycles. The highest BCUT2D eigenvalue weighted by Crippen LogP contribution is 2.49. The van der Waals surface area contributed by atoms with Crippen molar-refractivity contribution < 1.29 is 33.8 Å². The van der Waals surface area contributed by atoms with Crippen LogP contribution in [-0.2, 0) is 19.1 Å². The van der Waals surface area contributed by atoms with Gasteiger partial charge in [-0.05, 0) is 43.3 Å². The Kier molecular flexibility index (Phi) is 7.94. The van der Waals surface area contributed by atoms with E-state index in [1.807, 2.05) is 24.4 Å². The van der Waals surface area contributed by atoms with Gasteiger partial charge in [0.05, 0.1) is 24.2 Å². The first kappa shape index (κ1) is 26.4. The number of hydrogen-bond donors (Lipinski definition) is 2. The second-order valence-corrected chi connectivity index (χ2v) is 9.69. The van der Waals surface area contributed by atoms with E-state index in [1.54, 1.807) is 18.3 Å². The van der Waals surface area contributed by atoms with Gasteiger partial charge in [-0.3, -0.25) is 14.9 Å². The lowest BCUT2D eigenvalue weighted by Crippen LogP contribution is -2.36. The van der Waals surface area contributed by atoms with Gasteiger partial charge in [-0.2, -0.15) is 0 Å². The third-order valence-electron chi connectivity index (χ3n) is 6.49. The molecular weight excluding hydrogens is 500 g/mol. The molecule has 2 N–H and O–H groups in total. The number of phenolic OH excluding ortho intramolecular Hbond substituents is 1. The number of nitrogens with one attached hydrogen (secondary N) is 1. The van der Waals surface area contributed by atoms with E-state index in [1.165, 1.54) is 19.2 Å². The van der Waals surface area contributed by atoms with Crippen LogP contribution in [0.15, 0.2) is 52.2 Å². The van der Waals surface area contributed by atoms with Gasteiger partial charge in [0.25, 0.3) is 0 Å². The maximum absolute atomic E-state index is 13.6. The zero-order valence-electron chi connectivity index (χ0n) is 20.7. The second-order valence-electron chi connectivity index (χ2n) is 8.71. The molecule has 1 aromatic carbocycles. The Morgan fingerprint density at radius 2 is 2.08 bits per heavy atom. The van der Waals surface area contributed by atoms with E-state index < -0.39 is 28.2 Å². The summed E-state index contributed by atoms with van der Waals surface area (Å²) in [5.41, 5.74) is 1.36. The van der Waals surface area contributed by atoms with Gasteiger partial charge in [0.15, 0.2) is 11.5 Å². The van der Waals surface area contributed by atoms with Crippen molar-refractivity contribution >= 4 is 28.8 Å². The van der Waals surface area contributed by atoms with Gasteiger partial charge in [0, 0.05) is 52.8 Å². The van der Waals surface area contributed by atoms with Crippen LogP contribution in [0.5, 0.6) is 11.5 Å². The molecule has 2 aliphatic rings. The van der Waals surface area contributed by atoms with E-state index in [-0.39, 0.29) is 48.2 Å². The van der Waals surface area contributed by atoms with Gasteiger partial charge in [0.1, 0.15) is 6.61 Å². The summed E-state index contributed by atoms with van der Waals surface area (Å²) >= 11 is 1.58. The number of allylic oxidation sites excluding steroid dienone is 3. The van der Waals surface area contributed by atoms with Crippen molar-refractivity contribution in [2.24, 2.45) is 0 Å². The van der Waals surface area contributed by atoms with Crippen LogP contribution in [0.3, 0.4) is 0 Å². The molecule has 1 aromatic heterocycles. The number of carbonyl (C=O) groups excluding carboxylic acids is 2. The van der Waals surface area contributed by atoms with Crippen molar-refractivity contribution in [1.82, 2.24) is 5.32 Å². The fourth-order valence-electron chi connectivity index (χ4n) is 4.86. The van der Waals surface area contributed by atoms with Crippen molar-refractivity contribution in [3.05, 3.63) is 72.7 Å². The Morgan fingerprint density at radius 1 is 1.30 bits per heavy atom. The van der Waals surface area contributed by atoms with Crippen LogP contribution in [0, 0.1) is 10.1 Å². The molecule has 2 heterocycles. The molecule has 11 heteroatoms. The highest BCUT2D eigenvalue weighted by Gasteiger charge is 2.42. The minimum Gasteiger partial charge on any atom is -0.500 e. The molecule has 0 bridgehead atoms. The lowest BCUT2D eigenvalue weighted by atomic mass is 9.72. The number of benzene rings is 1. The van der Waals surface area contributed by atoms with Crippen molar-refractivity contribution in [1.29, 1.82) is 0 Å². The topological polar surface area (TPSA) is 137 Å². The first-order valence-electron chi connectivity index (χ1n) is 11.8. The summed E-state index contributed by atoms with van der Waals surface area (Å²) in [5.74, 6) is -2.56. The van der Waals surface area contributed by atoms with Crippen LogP contribution in [0.2, 0.25) is 0 Å². The molecule has 2 aromatic rings. The molecule has 0 amide bonds. The number of esters is 1. The lowest BCUT2D eigenvalue weighted by Gasteiger charge is -2.36. The summed E-state index contributed by atoms with van der Waals surface area (Å²) in [6, 6.07) is 6.53. The number of rotatable bonds is 9. The van der Waals surface area contributed by atoms with E-state index in [2.05, 4.69) is 5.32 Å². The summed E-state index contributed by atoms with van der Waals surface area (Å²) in [5, 5.41) is 27.2. The van der Waals surface area contributed by atoms with Crippen molar-refractivity contribution in [3.8, 4) is 11.5 Å². The number of nitro groups is 1. The molecule has 0 unspecified atom stereocenters. The maximum atomic E-state index is 13.6. The number of ketones is 1. The number of dihydropyridines is 1. The van der Waals surface area contributed by atoms with Crippen LogP contribution in [0.1, 0.15) is 49.0 Å². The molecule has 2 atom stereocenters. The summed E-state index contributed by atoms with van der Waals surface area (Å²) in [7, 11) is 1.27. The van der Waals surface area contributed by atoms with E-state index in [9.17, 15) is 24.8 Å². The number of aromatic hydroxyl groups is 1. The Labute approximate surface area is 217 Å². The fraction of sp³-hybridized carbons (Fsp3) is 0.385. The minimum atomic E-state index is -0.944. The first-order chi connectivity index (χ1) is 17.8. The largest absolute Gasteiger partial charge is 0.500 e. The average molecular weight is 529 g/mol. The number of nitro benzene ring substituents is 1. The number of carbonyl (C=O) groups is 2. The predicted molar refractivity (Wildman–Crippen MR) is 136 cm³/mol. The van der Waals surface area contributed by atoms with Crippen molar-refractivity contribution in [3.63, 3.8) is 0 Å². The molecule has 1 aliphatic heterocycles. The quantitative estimate of drug-likeness (QED) is 0.211. The number of methoxy groups -OCH3 is 1. The monoisotopic (exact) mass is 528 g/mol. The molecule has 10 nitrogen and oxygen atoms in total. The Bertz CT molecular complexity index is 1280. The van der Waals surface area contributed by atoms with Crippen LogP contribution in [0.25, 0.3) is 0 Å². The predicted octanol–water partition coefficient (Wildman–Crippen LogP) is 4.31. The third-order valence-corrected chi connectivity index (χ3v) is 7.52. The molecule has 37 heavy (non-hydrogen) atoms. The number of ether oxygens (including phenoxy) is 3. The second kappa shape index (κ2) is 11.1. The minimum absolute atomic E-state index is 0.00945. The maximum Gasteiger partial charge on any atom is 0.336 e. The van der Waals surface area contributed by atoms with Crippen LogP contribution >= 0.6 is 11.3 Å². The lowest BCUT2D eigenvalue weighted by molar-refractivity contribution is -0.386. The van der Waals surface area contributed by atoms with E-state index in [0.29, 0.717) is 30.0 Å². The average Bonchev–Trinajstić information content (AvgIpc) is 3.41. The van der Waals surface area contributed by atoms with Gasteiger partial charge in [-0.25, -0.2) is 4.79 Å². The Balaban J connectivity index is 1.83. The highest BCUT2D eigenvalue weighted by molar-refractivity contribution is 7.10. The van der Waals surface area contributed by atoms with Crippen LogP contribution < -0.4 is 10.1 Å². The highest BCUT2D eigenvalue weighted by atomic mass is 32.1. The van der Waals surface area contributed by atoms with E-state index >= 15 is 0 Å². The molecular formula is C26H28N2O8S. The summed E-state index contributed by atoms with van der Waals surface area (Å²) in [6.45, 7) is 4.22. The van der Waals surface area contributed by atoms with Gasteiger partial charge in [-0.1, -0.05) is 6.07 Å². The van der Waals surface area contributed by atoms with Crippen molar-refractivity contribution in [2.75, 3.05) is 26.9 Å². The first-order valence-corrected chi connectivity index (χ1v) is 12.7. The SMILES string of the molecule is CCOCCOC(=O)C1=C(C)NC2=C(C(=O)C[C@@H](c3cccs3)C2)[C@@H]1c1cc(OC)c(O)c([N+](=O)[O-])c1. The number of phenols is 1. The smallest absolute Gasteiger partial charge is 0.336 e. The Morgan fingerprint density at radius 3 is 2.73 bits per heavy atom. The van der Waals surface area contributed by atoms with Gasteiger partial charge in [-0.15, -0.1) is 11.3 Å². The van der Waals surface area contributed by atoms with Gasteiger partial charge >= 0.3 is 11.7 Å². The third kappa shape index (κ3) is 5.23. The van der Waals surface area contributed by atoms with Crippen LogP contribution in [0.4, 0.5) is 5.69 Å². The molecule has 0 radical (unpaired) electrons. The summed E-state index contributed by atoms with van der Waals surface area (Å²) < 4.78 is 15.9. The molecule has 196 valence electrons. The molecule has 0 saturated heterocycles.